The number of aromatic hydroxyl groups is 2. The van der Waals surface area contributed by atoms with E-state index in [1.54, 1.807) is 66.7 Å². The summed E-state index contributed by atoms with van der Waals surface area (Å²) in [6.45, 7) is 10.5. The number of carbonyl (C=O) groups is 4. The number of rotatable bonds is 25. The van der Waals surface area contributed by atoms with Gasteiger partial charge in [0, 0.05) is 56.1 Å². The number of nitrogens with zero attached hydrogens (tertiary/aromatic N) is 4. The molecule has 522 valence electrons. The summed E-state index contributed by atoms with van der Waals surface area (Å²) in [6.07, 6.45) is 3.58. The van der Waals surface area contributed by atoms with Gasteiger partial charge < -0.3 is 59.9 Å². The zero-order valence-electron chi connectivity index (χ0n) is 55.5. The van der Waals surface area contributed by atoms with Gasteiger partial charge in [-0.15, -0.1) is 0 Å². The fraction of sp³-hybridized carbons (Fsp3) is 0.158. The van der Waals surface area contributed by atoms with E-state index in [1.165, 1.54) is 95.2 Å². The molecule has 0 saturated heterocycles. The smallest absolute Gasteiger partial charge is 0.274 e. The van der Waals surface area contributed by atoms with Crippen LogP contribution in [0.1, 0.15) is 99.3 Å². The predicted octanol–water partition coefficient (Wildman–Crippen LogP) is 13.8. The molecule has 0 unspecified atom stereocenters. The van der Waals surface area contributed by atoms with E-state index >= 15 is 0 Å². The lowest BCUT2D eigenvalue weighted by Crippen LogP contribution is -2.25. The van der Waals surface area contributed by atoms with E-state index in [2.05, 4.69) is 70.3 Å². The van der Waals surface area contributed by atoms with E-state index in [-0.39, 0.29) is 120 Å². The first-order valence-electron chi connectivity index (χ1n) is 30.8. The first kappa shape index (κ1) is 76.2. The minimum atomic E-state index is -0.566. The van der Waals surface area contributed by atoms with Crippen LogP contribution in [0.2, 0.25) is 0 Å². The molecule has 4 amide bonds. The molecule has 0 radical (unpaired) electrons. The van der Waals surface area contributed by atoms with Crippen molar-refractivity contribution >= 4 is 51.7 Å². The Morgan fingerprint density at radius 1 is 0.416 bits per heavy atom. The van der Waals surface area contributed by atoms with Crippen molar-refractivity contribution in [2.75, 3.05) is 28.4 Å². The van der Waals surface area contributed by atoms with Crippen LogP contribution in [0.15, 0.2) is 200 Å². The molecular formula is C76H71BrF4N8O12. The topological polar surface area (TPSA) is 264 Å². The van der Waals surface area contributed by atoms with E-state index in [0.29, 0.717) is 39.6 Å². The number of benzene rings is 6. The highest BCUT2D eigenvalue weighted by atomic mass is 79.9. The molecule has 4 heterocycles. The lowest BCUT2D eigenvalue weighted by atomic mass is 10.2. The number of amides is 4. The fourth-order valence-corrected chi connectivity index (χ4v) is 9.33. The zero-order chi connectivity index (χ0) is 72.8. The number of hydrogen-bond donors (Lipinski definition) is 6. The second-order valence-corrected chi connectivity index (χ2v) is 22.1. The van der Waals surface area contributed by atoms with Crippen LogP contribution in [-0.2, 0) is 45.8 Å². The number of nitrogens with one attached hydrogen (secondary N) is 4. The largest absolute Gasteiger partial charge is 0.503 e. The average molecular weight is 1440 g/mol. The van der Waals surface area contributed by atoms with Crippen LogP contribution in [-0.4, -0.2) is 82.2 Å². The number of methoxy groups -OCH3 is 4. The summed E-state index contributed by atoms with van der Waals surface area (Å²) < 4.78 is 84.8. The van der Waals surface area contributed by atoms with Crippen molar-refractivity contribution < 1.29 is 75.4 Å². The molecule has 0 saturated carbocycles. The predicted molar refractivity (Wildman–Crippen MR) is 376 cm³/mol. The van der Waals surface area contributed by atoms with Gasteiger partial charge in [-0.25, -0.2) is 37.5 Å². The van der Waals surface area contributed by atoms with Gasteiger partial charge in [-0.05, 0) is 116 Å². The lowest BCUT2D eigenvalue weighted by Gasteiger charge is -2.15. The van der Waals surface area contributed by atoms with Gasteiger partial charge in [-0.2, -0.15) is 0 Å². The van der Waals surface area contributed by atoms with Crippen LogP contribution in [0.3, 0.4) is 0 Å². The Morgan fingerprint density at radius 2 is 0.723 bits per heavy atom. The zero-order valence-corrected chi connectivity index (χ0v) is 57.1. The first-order chi connectivity index (χ1) is 48.8. The summed E-state index contributed by atoms with van der Waals surface area (Å²) in [7, 11) is 5.78. The number of hydrogen-bond acceptors (Lipinski definition) is 16. The molecule has 6 aromatic carbocycles. The van der Waals surface area contributed by atoms with Crippen molar-refractivity contribution in [3.63, 3.8) is 0 Å². The van der Waals surface area contributed by atoms with Crippen molar-refractivity contribution in [1.29, 1.82) is 0 Å². The Labute approximate surface area is 588 Å². The molecule has 10 rings (SSSR count). The molecule has 0 atom stereocenters. The van der Waals surface area contributed by atoms with Gasteiger partial charge in [0.15, 0.2) is 68.8 Å². The SMILES string of the molecule is C=Cc1cc(OC)c(O)c(C(=O)NCc2ccc(F)cc2)n1.C=Cc1cc(OC)c(OCc2ccccc2)c(C(=O)NCc2ccc(F)cc2)n1.CCc1cc(OC)c(O)c(C(=O)NCc2ccc(F)cc2)n1.COc1cc(Br)nc(C(=O)NCc2ccc(F)cc2)c1OCc1ccccc1. The van der Waals surface area contributed by atoms with Crippen molar-refractivity contribution in [3.8, 4) is 46.0 Å². The lowest BCUT2D eigenvalue weighted by molar-refractivity contribution is 0.0931. The van der Waals surface area contributed by atoms with Crippen LogP contribution >= 0.6 is 15.9 Å². The Hall–Kier alpha value is -12.1. The second kappa shape index (κ2) is 38.7. The number of aryl methyl sites for hydroxylation is 1. The highest BCUT2D eigenvalue weighted by Gasteiger charge is 2.24. The fourth-order valence-electron chi connectivity index (χ4n) is 8.95. The third-order valence-corrected chi connectivity index (χ3v) is 14.7. The number of ether oxygens (including phenoxy) is 6. The maximum Gasteiger partial charge on any atom is 0.274 e. The van der Waals surface area contributed by atoms with E-state index in [0.717, 1.165) is 33.4 Å². The molecule has 0 spiro atoms. The average Bonchev–Trinajstić information content (AvgIpc) is 0.841. The third-order valence-electron chi connectivity index (χ3n) is 14.3. The molecule has 0 aliphatic rings. The molecule has 0 fully saturated rings. The van der Waals surface area contributed by atoms with Crippen LogP contribution in [0, 0.1) is 23.3 Å². The number of carbonyl (C=O) groups excluding carboxylic acids is 4. The van der Waals surface area contributed by atoms with Crippen LogP contribution < -0.4 is 49.7 Å². The number of halogens is 5. The number of pyridine rings is 4. The Morgan fingerprint density at radius 3 is 1.07 bits per heavy atom. The highest BCUT2D eigenvalue weighted by Crippen LogP contribution is 2.36. The van der Waals surface area contributed by atoms with Gasteiger partial charge in [0.2, 0.25) is 0 Å². The molecule has 25 heteroatoms. The minimum absolute atomic E-state index is 0.0849. The van der Waals surface area contributed by atoms with Crippen molar-refractivity contribution in [3.05, 3.63) is 296 Å². The first-order valence-corrected chi connectivity index (χ1v) is 31.6. The van der Waals surface area contributed by atoms with Gasteiger partial charge in [0.05, 0.1) is 39.8 Å². The minimum Gasteiger partial charge on any atom is -0.503 e. The molecule has 6 N–H and O–H groups in total. The van der Waals surface area contributed by atoms with Crippen LogP contribution in [0.4, 0.5) is 17.6 Å². The van der Waals surface area contributed by atoms with E-state index in [4.69, 9.17) is 28.4 Å². The normalized spacial score (nSPS) is 10.3. The van der Waals surface area contributed by atoms with E-state index in [9.17, 15) is 47.0 Å². The van der Waals surface area contributed by atoms with Crippen LogP contribution in [0.25, 0.3) is 12.2 Å². The van der Waals surface area contributed by atoms with Crippen molar-refractivity contribution in [2.24, 2.45) is 0 Å². The summed E-state index contributed by atoms with van der Waals surface area (Å²) in [5.41, 5.74) is 6.38. The third kappa shape index (κ3) is 23.0. The van der Waals surface area contributed by atoms with Crippen molar-refractivity contribution in [1.82, 2.24) is 41.2 Å². The van der Waals surface area contributed by atoms with Crippen molar-refractivity contribution in [2.45, 2.75) is 52.7 Å². The summed E-state index contributed by atoms with van der Waals surface area (Å²) in [5, 5.41) is 30.8. The second-order valence-electron chi connectivity index (χ2n) is 21.3. The molecule has 10 aromatic rings. The van der Waals surface area contributed by atoms with Crippen LogP contribution in [0.5, 0.6) is 46.0 Å². The summed E-state index contributed by atoms with van der Waals surface area (Å²) in [4.78, 5) is 66.6. The molecular weight excluding hydrogens is 1370 g/mol. The van der Waals surface area contributed by atoms with E-state index in [1.807, 2.05) is 67.6 Å². The summed E-state index contributed by atoms with van der Waals surface area (Å²) in [5.74, 6) is -2.30. The Bertz CT molecular complexity index is 4430. The molecule has 0 bridgehead atoms. The van der Waals surface area contributed by atoms with Gasteiger partial charge in [-0.1, -0.05) is 129 Å². The molecule has 4 aromatic heterocycles. The van der Waals surface area contributed by atoms with Gasteiger partial charge in [0.1, 0.15) is 41.1 Å². The maximum atomic E-state index is 13.1. The van der Waals surface area contributed by atoms with Gasteiger partial charge in [0.25, 0.3) is 23.6 Å². The molecule has 101 heavy (non-hydrogen) atoms. The van der Waals surface area contributed by atoms with E-state index < -0.39 is 23.6 Å². The Balaban J connectivity index is 0.000000190. The molecule has 20 nitrogen and oxygen atoms in total. The van der Waals surface area contributed by atoms with Gasteiger partial charge >= 0.3 is 0 Å². The van der Waals surface area contributed by atoms with Gasteiger partial charge in [-0.3, -0.25) is 19.2 Å². The quantitative estimate of drug-likeness (QED) is 0.0229. The molecule has 0 aliphatic heterocycles. The Kier molecular flexibility index (Phi) is 29.2. The highest BCUT2D eigenvalue weighted by molar-refractivity contribution is 9.10. The maximum absolute atomic E-state index is 13.1. The number of aromatic nitrogens is 4. The standard InChI is InChI=1S/C23H21FN2O3.C21H18BrFN2O3.C16H17FN2O3.C16H15FN2O3/c1-3-19-13-20(28-2)22(29-15-17-7-5-4-6-8-17)21(26-19)23(27)25-14-16-9-11-18(24)12-10-16;1-27-17-11-18(22)25-19(20(17)28-13-15-5-3-2-4-6-15)21(26)24-12-14-7-9-16(23)10-8-14;2*1-3-12-8-13(22-2)15(20)14(19-12)16(21)18-9-10-4-6-11(17)7-5-10/h3-13H,1,14-15H2,2H3,(H,25,27);2-11H,12-13H2,1H3,(H,24,26);4-8,20H,3,9H2,1-2H3,(H,18,21);3-8,20H,1,9H2,2H3,(H,18,21). The summed E-state index contributed by atoms with van der Waals surface area (Å²) in [6, 6.07) is 48.8. The monoisotopic (exact) mass is 1440 g/mol. The molecule has 0 aliphatic carbocycles. The summed E-state index contributed by atoms with van der Waals surface area (Å²) >= 11 is 3.29.